The summed E-state index contributed by atoms with van der Waals surface area (Å²) in [7, 11) is -2.86. The largest absolute Gasteiger partial charge is 0.513 e. The quantitative estimate of drug-likeness (QED) is 0.0474. The van der Waals surface area contributed by atoms with Crippen LogP contribution in [0.4, 0.5) is 13.6 Å². The van der Waals surface area contributed by atoms with E-state index in [0.717, 1.165) is 21.9 Å². The Morgan fingerprint density at radius 2 is 1.00 bits per heavy atom. The number of benzene rings is 4. The summed E-state index contributed by atoms with van der Waals surface area (Å²) >= 11 is 0. The number of pyridine rings is 2. The molecule has 14 nitrogen and oxygen atoms in total. The maximum absolute atomic E-state index is 13.6. The molecule has 1 N–H and O–H groups in total. The Hall–Kier alpha value is -7.06. The van der Waals surface area contributed by atoms with E-state index >= 15 is 0 Å². The van der Waals surface area contributed by atoms with Gasteiger partial charge in [-0.1, -0.05) is 63.5 Å². The molecule has 2 aliphatic heterocycles. The van der Waals surface area contributed by atoms with Crippen LogP contribution in [-0.4, -0.2) is 90.6 Å². The molecule has 8 rings (SSSR count). The number of carbonyl (C=O) groups is 5. The Bertz CT molecular complexity index is 2920. The van der Waals surface area contributed by atoms with E-state index in [1.54, 1.807) is 31.2 Å². The normalized spacial score (nSPS) is 13.4. The molecular formula is C49H50F2N4O10Si2. The van der Waals surface area contributed by atoms with Gasteiger partial charge in [-0.05, 0) is 78.7 Å². The third-order valence-electron chi connectivity index (χ3n) is 11.0. The highest BCUT2D eigenvalue weighted by molar-refractivity contribution is 6.76. The SMILES string of the molecule is CCOC(=O)Oc1c2c(c(OCC[Si](C)(C)C)c3cccnc13)C(=O)N(Cc1ccc(F)cc1)C2=O.C[Si](C)(C)CCOc1c2c(c(O)c3ncccc13)C(=O)N(Cc1ccc(F)cc1)C2=O. The lowest BCUT2D eigenvalue weighted by Crippen LogP contribution is -2.29. The average molecular weight is 949 g/mol. The molecule has 2 aliphatic rings. The standard InChI is InChI=1S/C26H27FN2O6Si.C23H23FN2O4Si/c1-5-33-26(32)35-23-20-19(24(30)29(25(20)31)15-16-8-10-17(27)11-9-16)22(34-13-14-36(2,3)4)18-7-6-12-28-21(18)23;1-31(2,3)12-11-30-21-16-5-4-10-25-19(16)20(27)17-18(21)23(29)26(22(17)28)13-14-6-8-15(24)9-7-14/h6-12H,5,13-15H2,1-4H3;4-10,27H,11-13H2,1-3H3. The number of hydrogen-bond acceptors (Lipinski definition) is 12. The lowest BCUT2D eigenvalue weighted by atomic mass is 10.0. The van der Waals surface area contributed by atoms with Crippen LogP contribution in [0.2, 0.25) is 51.4 Å². The molecule has 0 bridgehead atoms. The number of fused-ring (bicyclic) bond motifs is 4. The lowest BCUT2D eigenvalue weighted by molar-refractivity contribution is 0.0624. The molecule has 0 radical (unpaired) electrons. The van der Waals surface area contributed by atoms with E-state index in [2.05, 4.69) is 49.3 Å². The Morgan fingerprint density at radius 3 is 1.45 bits per heavy atom. The van der Waals surface area contributed by atoms with Crippen molar-refractivity contribution >= 4 is 67.7 Å². The molecule has 4 amide bonds. The van der Waals surface area contributed by atoms with Crippen molar-refractivity contribution in [2.45, 2.75) is 71.4 Å². The second-order valence-electron chi connectivity index (χ2n) is 18.4. The number of halogens is 2. The maximum Gasteiger partial charge on any atom is 0.513 e. The van der Waals surface area contributed by atoms with E-state index in [0.29, 0.717) is 35.1 Å². The van der Waals surface area contributed by atoms with E-state index < -0.39 is 57.6 Å². The number of nitrogens with zero attached hydrogens (tertiary/aromatic N) is 4. The topological polar surface area (TPSA) is 175 Å². The van der Waals surface area contributed by atoms with Gasteiger partial charge in [-0.2, -0.15) is 0 Å². The Kier molecular flexibility index (Phi) is 13.9. The van der Waals surface area contributed by atoms with E-state index in [1.807, 2.05) is 0 Å². The predicted octanol–water partition coefficient (Wildman–Crippen LogP) is 10.0. The van der Waals surface area contributed by atoms with Crippen molar-refractivity contribution in [1.82, 2.24) is 19.8 Å². The summed E-state index contributed by atoms with van der Waals surface area (Å²) < 4.78 is 49.2. The Labute approximate surface area is 387 Å². The predicted molar refractivity (Wildman–Crippen MR) is 251 cm³/mol. The summed E-state index contributed by atoms with van der Waals surface area (Å²) in [5.41, 5.74) is 1.44. The summed E-state index contributed by atoms with van der Waals surface area (Å²) in [6.07, 6.45) is 1.99. The van der Waals surface area contributed by atoms with Crippen molar-refractivity contribution in [2.75, 3.05) is 19.8 Å². The molecule has 67 heavy (non-hydrogen) atoms. The molecule has 0 atom stereocenters. The number of ether oxygens (including phenoxy) is 4. The first-order valence-electron chi connectivity index (χ1n) is 21.7. The number of imide groups is 2. The van der Waals surface area contributed by atoms with Crippen molar-refractivity contribution < 1.29 is 56.8 Å². The first-order chi connectivity index (χ1) is 31.8. The van der Waals surface area contributed by atoms with Gasteiger partial charge in [-0.15, -0.1) is 0 Å². The summed E-state index contributed by atoms with van der Waals surface area (Å²) in [5.74, 6) is -3.25. The van der Waals surface area contributed by atoms with E-state index in [9.17, 15) is 37.9 Å². The summed E-state index contributed by atoms with van der Waals surface area (Å²) in [6, 6.07) is 19.6. The molecule has 0 aliphatic carbocycles. The minimum Gasteiger partial charge on any atom is -0.505 e. The maximum atomic E-state index is 13.6. The van der Waals surface area contributed by atoms with Crippen molar-refractivity contribution in [2.24, 2.45) is 0 Å². The molecular weight excluding hydrogens is 899 g/mol. The number of hydrogen-bond donors (Lipinski definition) is 1. The van der Waals surface area contributed by atoms with E-state index in [4.69, 9.17) is 18.9 Å². The minimum absolute atomic E-state index is 0.0116. The molecule has 2 aromatic heterocycles. The van der Waals surface area contributed by atoms with Gasteiger partial charge >= 0.3 is 6.16 Å². The summed E-state index contributed by atoms with van der Waals surface area (Å²) in [6.45, 7) is 15.6. The molecule has 0 unspecified atom stereocenters. The molecule has 4 heterocycles. The fourth-order valence-corrected chi connectivity index (χ4v) is 8.87. The van der Waals surface area contributed by atoms with Gasteiger partial charge < -0.3 is 24.1 Å². The molecule has 18 heteroatoms. The summed E-state index contributed by atoms with van der Waals surface area (Å²) in [5, 5.41) is 11.7. The van der Waals surface area contributed by atoms with E-state index in [-0.39, 0.29) is 76.0 Å². The van der Waals surface area contributed by atoms with Gasteiger partial charge in [0, 0.05) is 39.3 Å². The zero-order chi connectivity index (χ0) is 48.4. The number of phenols is 1. The van der Waals surface area contributed by atoms with Crippen molar-refractivity contribution in [3.8, 4) is 23.0 Å². The first kappa shape index (κ1) is 47.9. The Balaban J connectivity index is 0.000000201. The highest BCUT2D eigenvalue weighted by Gasteiger charge is 2.45. The molecule has 6 aromatic rings. The monoisotopic (exact) mass is 948 g/mol. The van der Waals surface area contributed by atoms with Gasteiger partial charge in [0.15, 0.2) is 11.5 Å². The number of rotatable bonds is 14. The van der Waals surface area contributed by atoms with Crippen LogP contribution in [0.5, 0.6) is 23.0 Å². The first-order valence-corrected chi connectivity index (χ1v) is 29.1. The second kappa shape index (κ2) is 19.4. The molecule has 0 spiro atoms. The van der Waals surface area contributed by atoms with Crippen molar-refractivity contribution in [3.05, 3.63) is 130 Å². The van der Waals surface area contributed by atoms with Gasteiger partial charge in [-0.25, -0.2) is 13.6 Å². The lowest BCUT2D eigenvalue weighted by Gasteiger charge is -2.19. The number of carbonyl (C=O) groups excluding carboxylic acids is 5. The zero-order valence-corrected chi connectivity index (χ0v) is 40.2. The van der Waals surface area contributed by atoms with Gasteiger partial charge in [0.05, 0.1) is 44.0 Å². The Morgan fingerprint density at radius 1 is 0.597 bits per heavy atom. The van der Waals surface area contributed by atoms with Crippen LogP contribution < -0.4 is 14.2 Å². The van der Waals surface area contributed by atoms with Crippen LogP contribution in [0.3, 0.4) is 0 Å². The van der Waals surface area contributed by atoms with Gasteiger partial charge in [-0.3, -0.25) is 38.9 Å². The highest BCUT2D eigenvalue weighted by Crippen LogP contribution is 2.46. The van der Waals surface area contributed by atoms with Gasteiger partial charge in [0.25, 0.3) is 23.6 Å². The number of aromatic hydroxyl groups is 1. The zero-order valence-electron chi connectivity index (χ0n) is 38.2. The fraction of sp³-hybridized carbons (Fsp3) is 0.286. The molecule has 348 valence electrons. The smallest absolute Gasteiger partial charge is 0.505 e. The van der Waals surface area contributed by atoms with Crippen LogP contribution in [0.15, 0.2) is 85.2 Å². The third-order valence-corrected chi connectivity index (χ3v) is 14.4. The minimum atomic E-state index is -1.47. The number of amides is 4. The van der Waals surface area contributed by atoms with Crippen LogP contribution >= 0.6 is 0 Å². The van der Waals surface area contributed by atoms with Crippen LogP contribution in [0.1, 0.15) is 59.5 Å². The molecule has 0 saturated carbocycles. The molecule has 4 aromatic carbocycles. The second-order valence-corrected chi connectivity index (χ2v) is 29.6. The van der Waals surface area contributed by atoms with Crippen molar-refractivity contribution in [3.63, 3.8) is 0 Å². The number of phenolic OH excluding ortho intramolecular Hbond substituents is 1. The summed E-state index contributed by atoms with van der Waals surface area (Å²) in [4.78, 5) is 76.5. The highest BCUT2D eigenvalue weighted by atomic mass is 28.3. The van der Waals surface area contributed by atoms with Crippen LogP contribution in [0.25, 0.3) is 21.8 Å². The third kappa shape index (κ3) is 10.3. The van der Waals surface area contributed by atoms with Crippen LogP contribution in [0, 0.1) is 11.6 Å². The van der Waals surface area contributed by atoms with Gasteiger partial charge in [0.1, 0.15) is 45.3 Å². The van der Waals surface area contributed by atoms with Crippen LogP contribution in [-0.2, 0) is 17.8 Å². The van der Waals surface area contributed by atoms with Crippen molar-refractivity contribution in [1.29, 1.82) is 0 Å². The van der Waals surface area contributed by atoms with Gasteiger partial charge in [0.2, 0.25) is 0 Å². The average Bonchev–Trinajstić information content (AvgIpc) is 3.67. The number of aromatic nitrogens is 2. The van der Waals surface area contributed by atoms with E-state index in [1.165, 1.54) is 60.9 Å². The molecule has 0 fully saturated rings. The molecule has 0 saturated heterocycles. The fourth-order valence-electron chi connectivity index (χ4n) is 7.44.